The zero-order chi connectivity index (χ0) is 23.4. The number of carbonyl (C=O) groups is 3. The van der Waals surface area contributed by atoms with Crippen molar-refractivity contribution in [3.63, 3.8) is 0 Å². The molecule has 0 saturated carbocycles. The number of aryl methyl sites for hydroxylation is 1. The highest BCUT2D eigenvalue weighted by molar-refractivity contribution is 8.18. The predicted octanol–water partition coefficient (Wildman–Crippen LogP) is 4.65. The maximum Gasteiger partial charge on any atom is 0.293 e. The second-order valence-corrected chi connectivity index (χ2v) is 9.40. The van der Waals surface area contributed by atoms with Crippen molar-refractivity contribution in [2.75, 3.05) is 13.1 Å². The fourth-order valence-electron chi connectivity index (χ4n) is 3.27. The zero-order valence-electron chi connectivity index (χ0n) is 17.7. The third-order valence-electron chi connectivity index (χ3n) is 4.91. The lowest BCUT2D eigenvalue weighted by atomic mass is 10.1. The van der Waals surface area contributed by atoms with E-state index < -0.39 is 0 Å². The number of carbonyl (C=O) groups excluding carboxylic acids is 3. The molecule has 0 unspecified atom stereocenters. The molecule has 33 heavy (non-hydrogen) atoms. The van der Waals surface area contributed by atoms with Gasteiger partial charge in [0.1, 0.15) is 10.7 Å². The van der Waals surface area contributed by atoms with E-state index in [1.54, 1.807) is 25.1 Å². The minimum Gasteiger partial charge on any atom is -0.349 e. The van der Waals surface area contributed by atoms with Gasteiger partial charge in [-0.2, -0.15) is 0 Å². The quantitative estimate of drug-likeness (QED) is 0.497. The molecule has 168 valence electrons. The monoisotopic (exact) mass is 481 g/mol. The molecule has 1 aromatic heterocycles. The second kappa shape index (κ2) is 10.1. The largest absolute Gasteiger partial charge is 0.349 e. The van der Waals surface area contributed by atoms with E-state index in [4.69, 9.17) is 0 Å². The first-order valence-corrected chi connectivity index (χ1v) is 11.8. The molecular formula is C24H20FN3O3S2. The molecule has 9 heteroatoms. The number of thioether (sulfide) groups is 1. The Hall–Kier alpha value is -3.30. The number of thiazole rings is 1. The summed E-state index contributed by atoms with van der Waals surface area (Å²) < 4.78 is 13.1. The van der Waals surface area contributed by atoms with Crippen LogP contribution in [0.1, 0.15) is 31.5 Å². The van der Waals surface area contributed by atoms with Gasteiger partial charge in [-0.3, -0.25) is 19.3 Å². The van der Waals surface area contributed by atoms with E-state index in [1.165, 1.54) is 23.5 Å². The van der Waals surface area contributed by atoms with Crippen LogP contribution in [0.2, 0.25) is 0 Å². The first-order valence-electron chi connectivity index (χ1n) is 10.2. The van der Waals surface area contributed by atoms with E-state index in [1.807, 2.05) is 30.3 Å². The van der Waals surface area contributed by atoms with Crippen LogP contribution in [0, 0.1) is 12.7 Å². The SMILES string of the molecule is Cc1nc(Cc2ccc(F)cc2)sc1C(=O)NCCN1C(=O)S/C(=C\c2ccccc2)C1=O. The Morgan fingerprint density at radius 1 is 1.12 bits per heavy atom. The molecule has 4 rings (SSSR count). The molecule has 0 atom stereocenters. The van der Waals surface area contributed by atoms with Gasteiger partial charge in [-0.15, -0.1) is 11.3 Å². The Labute approximate surface area is 198 Å². The molecule has 0 spiro atoms. The Kier molecular flexibility index (Phi) is 7.00. The van der Waals surface area contributed by atoms with Crippen LogP contribution in [0.4, 0.5) is 9.18 Å². The molecule has 1 N–H and O–H groups in total. The van der Waals surface area contributed by atoms with Crippen molar-refractivity contribution in [1.29, 1.82) is 0 Å². The molecule has 1 aliphatic rings. The van der Waals surface area contributed by atoms with Crippen molar-refractivity contribution < 1.29 is 18.8 Å². The van der Waals surface area contributed by atoms with Crippen LogP contribution in [0.25, 0.3) is 6.08 Å². The number of hydrogen-bond acceptors (Lipinski definition) is 6. The van der Waals surface area contributed by atoms with Gasteiger partial charge >= 0.3 is 0 Å². The summed E-state index contributed by atoms with van der Waals surface area (Å²) in [5, 5.41) is 3.16. The van der Waals surface area contributed by atoms with Crippen molar-refractivity contribution >= 4 is 46.2 Å². The van der Waals surface area contributed by atoms with Crippen LogP contribution >= 0.6 is 23.1 Å². The van der Waals surface area contributed by atoms with Crippen LogP contribution in [-0.2, 0) is 11.2 Å². The van der Waals surface area contributed by atoms with Gasteiger partial charge in [-0.05, 0) is 48.0 Å². The first kappa shape index (κ1) is 22.9. The zero-order valence-corrected chi connectivity index (χ0v) is 19.3. The maximum absolute atomic E-state index is 13.1. The number of aromatic nitrogens is 1. The van der Waals surface area contributed by atoms with Gasteiger partial charge in [0.05, 0.1) is 15.6 Å². The van der Waals surface area contributed by atoms with Crippen LogP contribution < -0.4 is 5.32 Å². The minimum atomic E-state index is -0.362. The third-order valence-corrected chi connectivity index (χ3v) is 6.97. The first-order chi connectivity index (χ1) is 15.9. The fraction of sp³-hybridized carbons (Fsp3) is 0.167. The number of imide groups is 1. The average Bonchev–Trinajstić information content (AvgIpc) is 3.29. The number of nitrogens with one attached hydrogen (secondary N) is 1. The topological polar surface area (TPSA) is 79.4 Å². The highest BCUT2D eigenvalue weighted by atomic mass is 32.2. The van der Waals surface area contributed by atoms with Crippen LogP contribution in [-0.4, -0.2) is 40.0 Å². The molecule has 1 saturated heterocycles. The van der Waals surface area contributed by atoms with Gasteiger partial charge in [0.15, 0.2) is 0 Å². The molecule has 1 fully saturated rings. The Bertz CT molecular complexity index is 1220. The minimum absolute atomic E-state index is 0.0861. The summed E-state index contributed by atoms with van der Waals surface area (Å²) in [4.78, 5) is 43.9. The van der Waals surface area contributed by atoms with Crippen molar-refractivity contribution in [1.82, 2.24) is 15.2 Å². The van der Waals surface area contributed by atoms with Crippen LogP contribution in [0.15, 0.2) is 59.5 Å². The van der Waals surface area contributed by atoms with E-state index >= 15 is 0 Å². The number of rotatable bonds is 7. The molecule has 2 heterocycles. The van der Waals surface area contributed by atoms with Gasteiger partial charge in [0.2, 0.25) is 0 Å². The second-order valence-electron chi connectivity index (χ2n) is 7.33. The predicted molar refractivity (Wildman–Crippen MR) is 128 cm³/mol. The highest BCUT2D eigenvalue weighted by Crippen LogP contribution is 2.31. The van der Waals surface area contributed by atoms with Crippen molar-refractivity contribution in [2.24, 2.45) is 0 Å². The summed E-state index contributed by atoms with van der Waals surface area (Å²) in [6, 6.07) is 15.5. The molecule has 3 amide bonds. The lowest BCUT2D eigenvalue weighted by Crippen LogP contribution is -2.37. The Morgan fingerprint density at radius 3 is 2.58 bits per heavy atom. The standard InChI is InChI=1S/C24H20FN3O3S2/c1-15-21(33-20(27-15)14-17-7-9-18(25)10-8-17)22(29)26-11-12-28-23(30)19(32-24(28)31)13-16-5-3-2-4-6-16/h2-10,13H,11-12,14H2,1H3,(H,26,29)/b19-13-. The molecule has 0 aliphatic carbocycles. The number of halogens is 1. The van der Waals surface area contributed by atoms with E-state index in [9.17, 15) is 18.8 Å². The number of nitrogens with zero attached hydrogens (tertiary/aromatic N) is 2. The molecule has 0 bridgehead atoms. The van der Waals surface area contributed by atoms with Gasteiger partial charge in [-0.25, -0.2) is 9.37 Å². The fourth-order valence-corrected chi connectivity index (χ4v) is 5.15. The van der Waals surface area contributed by atoms with Gasteiger partial charge in [0, 0.05) is 19.5 Å². The lowest BCUT2D eigenvalue weighted by molar-refractivity contribution is -0.122. The molecular weight excluding hydrogens is 461 g/mol. The Morgan fingerprint density at radius 2 is 1.85 bits per heavy atom. The Balaban J connectivity index is 1.33. The molecule has 6 nitrogen and oxygen atoms in total. The van der Waals surface area contributed by atoms with Crippen molar-refractivity contribution in [3.8, 4) is 0 Å². The summed E-state index contributed by atoms with van der Waals surface area (Å²) in [7, 11) is 0. The van der Waals surface area contributed by atoms with E-state index in [2.05, 4.69) is 10.3 Å². The summed E-state index contributed by atoms with van der Waals surface area (Å²) in [6.07, 6.45) is 2.19. The van der Waals surface area contributed by atoms with E-state index in [0.29, 0.717) is 21.9 Å². The summed E-state index contributed by atoms with van der Waals surface area (Å²) in [5.41, 5.74) is 2.35. The maximum atomic E-state index is 13.1. The summed E-state index contributed by atoms with van der Waals surface area (Å²) in [5.74, 6) is -0.967. The smallest absolute Gasteiger partial charge is 0.293 e. The van der Waals surface area contributed by atoms with Gasteiger partial charge in [0.25, 0.3) is 17.1 Å². The third kappa shape index (κ3) is 5.55. The van der Waals surface area contributed by atoms with Crippen molar-refractivity contribution in [2.45, 2.75) is 13.3 Å². The summed E-state index contributed by atoms with van der Waals surface area (Å²) >= 11 is 2.17. The molecule has 3 aromatic rings. The summed E-state index contributed by atoms with van der Waals surface area (Å²) in [6.45, 7) is 1.98. The van der Waals surface area contributed by atoms with Crippen LogP contribution in [0.5, 0.6) is 0 Å². The highest BCUT2D eigenvalue weighted by Gasteiger charge is 2.34. The molecule has 2 aromatic carbocycles. The van der Waals surface area contributed by atoms with E-state index in [0.717, 1.165) is 32.8 Å². The van der Waals surface area contributed by atoms with Crippen LogP contribution in [0.3, 0.4) is 0 Å². The number of benzene rings is 2. The van der Waals surface area contributed by atoms with Gasteiger partial charge in [-0.1, -0.05) is 42.5 Å². The number of hydrogen-bond donors (Lipinski definition) is 1. The van der Waals surface area contributed by atoms with Crippen molar-refractivity contribution in [3.05, 3.63) is 92.0 Å². The van der Waals surface area contributed by atoms with Gasteiger partial charge < -0.3 is 5.32 Å². The lowest BCUT2D eigenvalue weighted by Gasteiger charge is -2.12. The normalized spacial score (nSPS) is 14.8. The number of amides is 3. The van der Waals surface area contributed by atoms with E-state index in [-0.39, 0.29) is 36.0 Å². The average molecular weight is 482 g/mol. The molecule has 0 radical (unpaired) electrons. The molecule has 1 aliphatic heterocycles.